The molecule has 0 spiro atoms. The molecule has 210 valence electrons. The van der Waals surface area contributed by atoms with Crippen LogP contribution in [0.4, 0.5) is 0 Å². The third-order valence-corrected chi connectivity index (χ3v) is 5.93. The van der Waals surface area contributed by atoms with E-state index in [9.17, 15) is 19.5 Å². The molecule has 2 aromatic rings. The van der Waals surface area contributed by atoms with Crippen molar-refractivity contribution in [2.75, 3.05) is 13.2 Å². The average molecular weight is 537 g/mol. The Balaban J connectivity index is 1.82. The van der Waals surface area contributed by atoms with Crippen LogP contribution in [0.15, 0.2) is 79.9 Å². The quantitative estimate of drug-likeness (QED) is 0.197. The number of allylic oxidation sites excluding steroid dienone is 2. The van der Waals surface area contributed by atoms with E-state index in [2.05, 4.69) is 23.8 Å². The van der Waals surface area contributed by atoms with Crippen LogP contribution in [0.1, 0.15) is 43.7 Å². The smallest absolute Gasteiger partial charge is 0.306 e. The van der Waals surface area contributed by atoms with Gasteiger partial charge in [0.2, 0.25) is 11.8 Å². The van der Waals surface area contributed by atoms with E-state index in [0.717, 1.165) is 16.9 Å². The van der Waals surface area contributed by atoms with Crippen molar-refractivity contribution in [3.8, 4) is 5.75 Å². The van der Waals surface area contributed by atoms with Gasteiger partial charge < -0.3 is 25.2 Å². The van der Waals surface area contributed by atoms with E-state index in [4.69, 9.17) is 9.47 Å². The molecule has 3 N–H and O–H groups in total. The van der Waals surface area contributed by atoms with Crippen molar-refractivity contribution >= 4 is 17.8 Å². The molecule has 2 amide bonds. The summed E-state index contributed by atoms with van der Waals surface area (Å²) in [5, 5.41) is 15.5. The van der Waals surface area contributed by atoms with Gasteiger partial charge in [-0.2, -0.15) is 0 Å². The molecule has 39 heavy (non-hydrogen) atoms. The zero-order chi connectivity index (χ0) is 28.5. The molecular formula is C31H40N2O6. The molecule has 0 saturated carbocycles. The molecule has 2 aromatic carbocycles. The fraction of sp³-hybridized carbons (Fsp3) is 0.387. The number of hydrogen-bond donors (Lipinski definition) is 3. The summed E-state index contributed by atoms with van der Waals surface area (Å²) in [7, 11) is 0. The first-order valence-corrected chi connectivity index (χ1v) is 13.2. The average Bonchev–Trinajstić information content (AvgIpc) is 2.94. The summed E-state index contributed by atoms with van der Waals surface area (Å²) in [6, 6.07) is 16.5. The Morgan fingerprint density at radius 1 is 0.974 bits per heavy atom. The second kappa shape index (κ2) is 17.6. The van der Waals surface area contributed by atoms with Crippen molar-refractivity contribution in [2.24, 2.45) is 5.92 Å². The summed E-state index contributed by atoms with van der Waals surface area (Å²) < 4.78 is 11.0. The first kappa shape index (κ1) is 31.3. The molecular weight excluding hydrogens is 496 g/mol. The number of hydrogen-bond acceptors (Lipinski definition) is 6. The topological polar surface area (TPSA) is 114 Å². The lowest BCUT2D eigenvalue weighted by molar-refractivity contribution is -0.145. The van der Waals surface area contributed by atoms with Crippen molar-refractivity contribution in [2.45, 2.75) is 57.7 Å². The monoisotopic (exact) mass is 536 g/mol. The molecule has 2 rings (SSSR count). The number of aliphatic hydroxyl groups excluding tert-OH is 1. The number of aliphatic hydroxyl groups is 1. The molecule has 8 nitrogen and oxygen atoms in total. The molecule has 0 saturated heterocycles. The Hall–Kier alpha value is -3.91. The zero-order valence-corrected chi connectivity index (χ0v) is 22.6. The van der Waals surface area contributed by atoms with Crippen LogP contribution in [0, 0.1) is 5.92 Å². The van der Waals surface area contributed by atoms with Gasteiger partial charge >= 0.3 is 5.97 Å². The van der Waals surface area contributed by atoms with Gasteiger partial charge in [0.05, 0.1) is 24.6 Å². The van der Waals surface area contributed by atoms with Crippen LogP contribution in [0.3, 0.4) is 0 Å². The molecule has 0 heterocycles. The third kappa shape index (κ3) is 12.5. The summed E-state index contributed by atoms with van der Waals surface area (Å²) in [4.78, 5) is 37.2. The Bertz CT molecular complexity index is 1050. The van der Waals surface area contributed by atoms with Crippen molar-refractivity contribution in [1.29, 1.82) is 0 Å². The maximum Gasteiger partial charge on any atom is 0.306 e. The highest BCUT2D eigenvalue weighted by atomic mass is 16.5. The highest BCUT2D eigenvalue weighted by molar-refractivity contribution is 5.86. The fourth-order valence-corrected chi connectivity index (χ4v) is 3.82. The van der Waals surface area contributed by atoms with Crippen molar-refractivity contribution in [1.82, 2.24) is 10.6 Å². The molecule has 0 unspecified atom stereocenters. The lowest BCUT2D eigenvalue weighted by Gasteiger charge is -2.21. The SMILES string of the molecule is C=CCCC(=O)OC[C@H](C)NC(=O)[C@@H](CC=C)CC(=O)N[C@H](CO)Cc1ccc(OCc2ccccc2)cc1. The minimum atomic E-state index is -0.637. The Labute approximate surface area is 231 Å². The van der Waals surface area contributed by atoms with E-state index in [1.54, 1.807) is 19.1 Å². The highest BCUT2D eigenvalue weighted by Gasteiger charge is 2.24. The number of benzene rings is 2. The molecule has 0 bridgehead atoms. The van der Waals surface area contributed by atoms with Gasteiger partial charge in [0.15, 0.2) is 0 Å². The number of nitrogens with one attached hydrogen (secondary N) is 2. The van der Waals surface area contributed by atoms with E-state index in [1.807, 2.05) is 54.6 Å². The van der Waals surface area contributed by atoms with Crippen LogP contribution in [0.5, 0.6) is 5.75 Å². The Morgan fingerprint density at radius 2 is 1.69 bits per heavy atom. The summed E-state index contributed by atoms with van der Waals surface area (Å²) in [5.41, 5.74) is 2.00. The maximum absolute atomic E-state index is 12.8. The number of rotatable bonds is 18. The second-order valence-electron chi connectivity index (χ2n) is 9.41. The van der Waals surface area contributed by atoms with E-state index < -0.39 is 18.0 Å². The van der Waals surface area contributed by atoms with Crippen LogP contribution in [0.2, 0.25) is 0 Å². The molecule has 0 aliphatic heterocycles. The van der Waals surface area contributed by atoms with Crippen LogP contribution in [0.25, 0.3) is 0 Å². The largest absolute Gasteiger partial charge is 0.489 e. The molecule has 0 radical (unpaired) electrons. The van der Waals surface area contributed by atoms with Gasteiger partial charge in [-0.1, -0.05) is 54.6 Å². The van der Waals surface area contributed by atoms with Gasteiger partial charge in [0.1, 0.15) is 19.0 Å². The predicted octanol–water partition coefficient (Wildman–Crippen LogP) is 3.88. The maximum atomic E-state index is 12.8. The molecule has 0 aliphatic carbocycles. The van der Waals surface area contributed by atoms with Crippen LogP contribution >= 0.6 is 0 Å². The molecule has 0 aromatic heterocycles. The Morgan fingerprint density at radius 3 is 2.33 bits per heavy atom. The normalized spacial score (nSPS) is 12.9. The van der Waals surface area contributed by atoms with Gasteiger partial charge in [0.25, 0.3) is 0 Å². The lowest BCUT2D eigenvalue weighted by Crippen LogP contribution is -2.44. The summed E-state index contributed by atoms with van der Waals surface area (Å²) in [5.74, 6) is -0.941. The van der Waals surface area contributed by atoms with Gasteiger partial charge in [-0.3, -0.25) is 14.4 Å². The second-order valence-corrected chi connectivity index (χ2v) is 9.41. The number of amides is 2. The number of carbonyl (C=O) groups excluding carboxylic acids is 3. The number of carbonyl (C=O) groups is 3. The first-order chi connectivity index (χ1) is 18.8. The van der Waals surface area contributed by atoms with Crippen LogP contribution in [-0.4, -0.2) is 48.2 Å². The van der Waals surface area contributed by atoms with Gasteiger partial charge in [-0.05, 0) is 49.4 Å². The highest BCUT2D eigenvalue weighted by Crippen LogP contribution is 2.16. The van der Waals surface area contributed by atoms with Crippen molar-refractivity contribution < 1.29 is 29.0 Å². The minimum absolute atomic E-state index is 0.0391. The van der Waals surface area contributed by atoms with Crippen LogP contribution in [-0.2, 0) is 32.1 Å². The Kier molecular flexibility index (Phi) is 14.1. The van der Waals surface area contributed by atoms with Gasteiger partial charge in [0, 0.05) is 12.8 Å². The standard InChI is InChI=1S/C31H40N2O6/c1-4-6-13-30(36)39-21-23(3)32-31(37)26(10-5-2)19-29(35)33-27(20-34)18-24-14-16-28(17-15-24)38-22-25-11-8-7-9-12-25/h4-5,7-9,11-12,14-17,23,26-27,34H,1-2,6,10,13,18-22H2,3H3,(H,32,37)(H,33,35)/t23-,26-,27-/m0/s1. The van der Waals surface area contributed by atoms with Crippen molar-refractivity contribution in [3.05, 3.63) is 91.0 Å². The van der Waals surface area contributed by atoms with E-state index in [0.29, 0.717) is 25.9 Å². The van der Waals surface area contributed by atoms with E-state index in [1.165, 1.54) is 0 Å². The first-order valence-electron chi connectivity index (χ1n) is 13.2. The summed E-state index contributed by atoms with van der Waals surface area (Å²) in [6.45, 7) is 9.24. The van der Waals surface area contributed by atoms with Crippen molar-refractivity contribution in [3.63, 3.8) is 0 Å². The zero-order valence-electron chi connectivity index (χ0n) is 22.6. The van der Waals surface area contributed by atoms with Gasteiger partial charge in [-0.15, -0.1) is 13.2 Å². The third-order valence-electron chi connectivity index (χ3n) is 5.93. The summed E-state index contributed by atoms with van der Waals surface area (Å²) in [6.07, 6.45) is 4.65. The minimum Gasteiger partial charge on any atom is -0.489 e. The summed E-state index contributed by atoms with van der Waals surface area (Å²) >= 11 is 0. The molecule has 3 atom stereocenters. The van der Waals surface area contributed by atoms with E-state index in [-0.39, 0.29) is 43.8 Å². The fourth-order valence-electron chi connectivity index (χ4n) is 3.82. The molecule has 0 aliphatic rings. The lowest BCUT2D eigenvalue weighted by atomic mass is 9.98. The van der Waals surface area contributed by atoms with Gasteiger partial charge in [-0.25, -0.2) is 0 Å². The van der Waals surface area contributed by atoms with E-state index >= 15 is 0 Å². The molecule has 8 heteroatoms. The predicted molar refractivity (Wildman–Crippen MR) is 151 cm³/mol. The number of esters is 1. The molecule has 0 fully saturated rings. The number of ether oxygens (including phenoxy) is 2. The van der Waals surface area contributed by atoms with Crippen LogP contribution < -0.4 is 15.4 Å².